The second-order valence-electron chi connectivity index (χ2n) is 6.91. The first-order valence-corrected chi connectivity index (χ1v) is 9.74. The molecule has 0 atom stereocenters. The molecule has 0 unspecified atom stereocenters. The molecule has 0 saturated carbocycles. The van der Waals surface area contributed by atoms with Crippen LogP contribution in [0.15, 0.2) is 40.8 Å². The second-order valence-corrected chi connectivity index (χ2v) is 6.91. The highest BCUT2D eigenvalue weighted by Crippen LogP contribution is 2.22. The normalized spacial score (nSPS) is 15.8. The molecular weight excluding hydrogens is 345 g/mol. The lowest BCUT2D eigenvalue weighted by Gasteiger charge is -2.33. The van der Waals surface area contributed by atoms with Gasteiger partial charge in [0.2, 0.25) is 0 Å². The van der Waals surface area contributed by atoms with E-state index in [2.05, 4.69) is 22.0 Å². The number of rotatable bonds is 8. The van der Waals surface area contributed by atoms with E-state index in [1.54, 1.807) is 24.3 Å². The van der Waals surface area contributed by atoms with Crippen LogP contribution in [0.2, 0.25) is 0 Å². The number of piperazine rings is 1. The molecule has 0 aliphatic carbocycles. The SMILES string of the molecule is CCN1CCN(CCCCNC(=O)c2ccc(-c3ccc(F)cc3)o2)CC1. The molecule has 1 saturated heterocycles. The molecule has 1 aromatic heterocycles. The number of benzene rings is 1. The maximum absolute atomic E-state index is 13.0. The van der Waals surface area contributed by atoms with E-state index in [9.17, 15) is 9.18 Å². The molecule has 146 valence electrons. The number of carbonyl (C=O) groups is 1. The summed E-state index contributed by atoms with van der Waals surface area (Å²) in [7, 11) is 0. The maximum Gasteiger partial charge on any atom is 0.287 e. The second kappa shape index (κ2) is 9.67. The number of unbranched alkanes of at least 4 members (excludes halogenated alkanes) is 1. The van der Waals surface area contributed by atoms with Gasteiger partial charge in [0.1, 0.15) is 11.6 Å². The molecule has 27 heavy (non-hydrogen) atoms. The van der Waals surface area contributed by atoms with Gasteiger partial charge in [-0.1, -0.05) is 6.92 Å². The molecule has 0 spiro atoms. The van der Waals surface area contributed by atoms with Crippen molar-refractivity contribution in [1.82, 2.24) is 15.1 Å². The summed E-state index contributed by atoms with van der Waals surface area (Å²) in [5.41, 5.74) is 0.749. The van der Waals surface area contributed by atoms with Crippen LogP contribution in [0.4, 0.5) is 4.39 Å². The summed E-state index contributed by atoms with van der Waals surface area (Å²) in [5.74, 6) is 0.340. The van der Waals surface area contributed by atoms with Crippen LogP contribution >= 0.6 is 0 Å². The Morgan fingerprint density at radius 1 is 1.04 bits per heavy atom. The third-order valence-corrected chi connectivity index (χ3v) is 5.06. The van der Waals surface area contributed by atoms with Crippen molar-refractivity contribution in [3.05, 3.63) is 48.0 Å². The topological polar surface area (TPSA) is 48.7 Å². The number of likely N-dealkylation sites (N-methyl/N-ethyl adjacent to an activating group) is 1. The molecule has 1 N–H and O–H groups in total. The molecule has 6 heteroatoms. The average Bonchev–Trinajstić information content (AvgIpc) is 3.19. The quantitative estimate of drug-likeness (QED) is 0.722. The zero-order chi connectivity index (χ0) is 19.1. The highest BCUT2D eigenvalue weighted by Gasteiger charge is 2.15. The lowest BCUT2D eigenvalue weighted by molar-refractivity contribution is 0.0925. The molecule has 1 aliphatic rings. The number of furan rings is 1. The molecule has 1 aromatic carbocycles. The highest BCUT2D eigenvalue weighted by molar-refractivity contribution is 5.92. The monoisotopic (exact) mass is 373 g/mol. The average molecular weight is 373 g/mol. The Hall–Kier alpha value is -2.18. The zero-order valence-electron chi connectivity index (χ0n) is 15.9. The fourth-order valence-electron chi connectivity index (χ4n) is 3.31. The summed E-state index contributed by atoms with van der Waals surface area (Å²) in [4.78, 5) is 17.2. The molecule has 3 rings (SSSR count). The van der Waals surface area contributed by atoms with E-state index in [1.165, 1.54) is 12.1 Å². The van der Waals surface area contributed by atoms with Crippen molar-refractivity contribution in [2.24, 2.45) is 0 Å². The summed E-state index contributed by atoms with van der Waals surface area (Å²) in [6.45, 7) is 9.65. The van der Waals surface area contributed by atoms with Gasteiger partial charge < -0.3 is 19.5 Å². The minimum Gasteiger partial charge on any atom is -0.451 e. The van der Waals surface area contributed by atoms with Crippen LogP contribution in [0, 0.1) is 5.82 Å². The van der Waals surface area contributed by atoms with E-state index in [0.29, 0.717) is 12.3 Å². The van der Waals surface area contributed by atoms with Gasteiger partial charge in [-0.15, -0.1) is 0 Å². The standard InChI is InChI=1S/C21H28FN3O2/c1-2-24-13-15-25(16-14-24)12-4-3-11-23-21(26)20-10-9-19(27-20)17-5-7-18(22)8-6-17/h5-10H,2-4,11-16H2,1H3,(H,23,26). The van der Waals surface area contributed by atoms with Crippen molar-refractivity contribution in [1.29, 1.82) is 0 Å². The maximum atomic E-state index is 13.0. The van der Waals surface area contributed by atoms with Crippen molar-refractivity contribution >= 4 is 5.91 Å². The fourth-order valence-corrected chi connectivity index (χ4v) is 3.31. The van der Waals surface area contributed by atoms with Crippen molar-refractivity contribution in [2.75, 3.05) is 45.8 Å². The molecule has 0 radical (unpaired) electrons. The Bertz CT molecular complexity index is 721. The Labute approximate surface area is 160 Å². The highest BCUT2D eigenvalue weighted by atomic mass is 19.1. The van der Waals surface area contributed by atoms with E-state index in [4.69, 9.17) is 4.42 Å². The van der Waals surface area contributed by atoms with Gasteiger partial charge >= 0.3 is 0 Å². The number of halogens is 1. The smallest absolute Gasteiger partial charge is 0.287 e. The number of amides is 1. The molecule has 1 fully saturated rings. The molecule has 1 amide bonds. The van der Waals surface area contributed by atoms with Gasteiger partial charge in [0.25, 0.3) is 5.91 Å². The lowest BCUT2D eigenvalue weighted by atomic mass is 10.2. The number of hydrogen-bond donors (Lipinski definition) is 1. The van der Waals surface area contributed by atoms with Gasteiger partial charge in [-0.05, 0) is 62.3 Å². The Morgan fingerprint density at radius 2 is 1.74 bits per heavy atom. The number of carbonyl (C=O) groups excluding carboxylic acids is 1. The Balaban J connectivity index is 1.36. The first-order valence-electron chi connectivity index (χ1n) is 9.74. The Kier molecular flexibility index (Phi) is 7.01. The van der Waals surface area contributed by atoms with Gasteiger partial charge in [-0.3, -0.25) is 4.79 Å². The summed E-state index contributed by atoms with van der Waals surface area (Å²) in [5, 5.41) is 2.91. The number of nitrogens with zero attached hydrogens (tertiary/aromatic N) is 2. The van der Waals surface area contributed by atoms with Gasteiger partial charge in [-0.2, -0.15) is 0 Å². The summed E-state index contributed by atoms with van der Waals surface area (Å²) in [6, 6.07) is 9.41. The third-order valence-electron chi connectivity index (χ3n) is 5.06. The fraction of sp³-hybridized carbons (Fsp3) is 0.476. The van der Waals surface area contributed by atoms with Gasteiger partial charge in [0.05, 0.1) is 0 Å². The molecule has 0 bridgehead atoms. The van der Waals surface area contributed by atoms with Crippen LogP contribution < -0.4 is 5.32 Å². The van der Waals surface area contributed by atoms with E-state index in [1.807, 2.05) is 0 Å². The van der Waals surface area contributed by atoms with Gasteiger partial charge in [-0.25, -0.2) is 4.39 Å². The first-order chi connectivity index (χ1) is 13.2. The van der Waals surface area contributed by atoms with E-state index in [-0.39, 0.29) is 17.5 Å². The van der Waals surface area contributed by atoms with Crippen molar-refractivity contribution in [2.45, 2.75) is 19.8 Å². The van der Waals surface area contributed by atoms with Crippen LogP contribution in [-0.2, 0) is 0 Å². The van der Waals surface area contributed by atoms with E-state index in [0.717, 1.165) is 57.7 Å². The van der Waals surface area contributed by atoms with E-state index >= 15 is 0 Å². The summed E-state index contributed by atoms with van der Waals surface area (Å²) in [6.07, 6.45) is 2.02. The number of nitrogens with one attached hydrogen (secondary N) is 1. The lowest BCUT2D eigenvalue weighted by Crippen LogP contribution is -2.46. The van der Waals surface area contributed by atoms with Crippen LogP contribution in [0.3, 0.4) is 0 Å². The summed E-state index contributed by atoms with van der Waals surface area (Å²) >= 11 is 0. The minimum absolute atomic E-state index is 0.208. The molecule has 2 heterocycles. The van der Waals surface area contributed by atoms with Crippen LogP contribution in [-0.4, -0.2) is 61.5 Å². The predicted molar refractivity (Wildman–Crippen MR) is 104 cm³/mol. The molecular formula is C21H28FN3O2. The van der Waals surface area contributed by atoms with Crippen LogP contribution in [0.5, 0.6) is 0 Å². The first kappa shape index (κ1) is 19.6. The van der Waals surface area contributed by atoms with E-state index < -0.39 is 0 Å². The molecule has 5 nitrogen and oxygen atoms in total. The van der Waals surface area contributed by atoms with Gasteiger partial charge in [0, 0.05) is 38.3 Å². The minimum atomic E-state index is -0.296. The van der Waals surface area contributed by atoms with Crippen molar-refractivity contribution in [3.63, 3.8) is 0 Å². The zero-order valence-corrected chi connectivity index (χ0v) is 15.9. The van der Waals surface area contributed by atoms with Crippen molar-refractivity contribution < 1.29 is 13.6 Å². The van der Waals surface area contributed by atoms with Gasteiger partial charge in [0.15, 0.2) is 5.76 Å². The largest absolute Gasteiger partial charge is 0.451 e. The van der Waals surface area contributed by atoms with Crippen molar-refractivity contribution in [3.8, 4) is 11.3 Å². The third kappa shape index (κ3) is 5.65. The summed E-state index contributed by atoms with van der Waals surface area (Å²) < 4.78 is 18.6. The molecule has 2 aromatic rings. The predicted octanol–water partition coefficient (Wildman–Crippen LogP) is 3.23. The molecule has 1 aliphatic heterocycles. The number of hydrogen-bond acceptors (Lipinski definition) is 4. The van der Waals surface area contributed by atoms with Crippen LogP contribution in [0.25, 0.3) is 11.3 Å². The van der Waals surface area contributed by atoms with Crippen LogP contribution in [0.1, 0.15) is 30.3 Å². The Morgan fingerprint density at radius 3 is 2.44 bits per heavy atom.